The third-order valence-electron chi connectivity index (χ3n) is 3.21. The van der Waals surface area contributed by atoms with Crippen molar-refractivity contribution in [1.82, 2.24) is 5.32 Å². The minimum Gasteiger partial charge on any atom is -0.316 e. The summed E-state index contributed by atoms with van der Waals surface area (Å²) in [5, 5.41) is 3.60. The second-order valence-electron chi connectivity index (χ2n) is 5.26. The highest BCUT2D eigenvalue weighted by Gasteiger charge is 2.10. The Morgan fingerprint density at radius 1 is 1.00 bits per heavy atom. The van der Waals surface area contributed by atoms with Crippen LogP contribution in [-0.2, 0) is 0 Å². The second kappa shape index (κ2) is 7.28. The van der Waals surface area contributed by atoms with Crippen molar-refractivity contribution in [3.05, 3.63) is 0 Å². The van der Waals surface area contributed by atoms with Crippen LogP contribution in [0.5, 0.6) is 0 Å². The molecule has 1 saturated carbocycles. The molecule has 84 valence electrons. The SMILES string of the molecule is CC(C)CNCC1CCCCCCC1. The van der Waals surface area contributed by atoms with Crippen molar-refractivity contribution in [1.29, 1.82) is 0 Å². The van der Waals surface area contributed by atoms with E-state index in [-0.39, 0.29) is 0 Å². The lowest BCUT2D eigenvalue weighted by molar-refractivity contribution is 0.354. The minimum absolute atomic E-state index is 0.795. The Hall–Kier alpha value is -0.0400. The Kier molecular flexibility index (Phi) is 6.25. The van der Waals surface area contributed by atoms with Gasteiger partial charge < -0.3 is 5.32 Å². The molecule has 0 aromatic heterocycles. The third kappa shape index (κ3) is 5.64. The van der Waals surface area contributed by atoms with Crippen LogP contribution in [0.4, 0.5) is 0 Å². The van der Waals surface area contributed by atoms with Crippen LogP contribution >= 0.6 is 0 Å². The number of rotatable bonds is 4. The van der Waals surface area contributed by atoms with Crippen molar-refractivity contribution in [3.63, 3.8) is 0 Å². The van der Waals surface area contributed by atoms with Crippen LogP contribution < -0.4 is 5.32 Å². The van der Waals surface area contributed by atoms with Gasteiger partial charge in [-0.05, 0) is 37.8 Å². The molecule has 1 nitrogen and oxygen atoms in total. The summed E-state index contributed by atoms with van der Waals surface area (Å²) in [7, 11) is 0. The van der Waals surface area contributed by atoms with Crippen LogP contribution in [0.1, 0.15) is 58.8 Å². The highest BCUT2D eigenvalue weighted by atomic mass is 14.9. The second-order valence-corrected chi connectivity index (χ2v) is 5.26. The lowest BCUT2D eigenvalue weighted by atomic mass is 9.91. The topological polar surface area (TPSA) is 12.0 Å². The number of nitrogens with one attached hydrogen (secondary N) is 1. The van der Waals surface area contributed by atoms with Gasteiger partial charge in [0.15, 0.2) is 0 Å². The molecule has 0 aliphatic heterocycles. The molecule has 1 aliphatic carbocycles. The molecule has 0 heterocycles. The number of hydrogen-bond donors (Lipinski definition) is 1. The minimum atomic E-state index is 0.795. The molecule has 0 aromatic rings. The summed E-state index contributed by atoms with van der Waals surface area (Å²) in [6.07, 6.45) is 10.3. The van der Waals surface area contributed by atoms with Gasteiger partial charge in [0.25, 0.3) is 0 Å². The molecule has 0 unspecified atom stereocenters. The summed E-state index contributed by atoms with van der Waals surface area (Å²) in [6, 6.07) is 0. The quantitative estimate of drug-likeness (QED) is 0.726. The Morgan fingerprint density at radius 3 is 2.14 bits per heavy atom. The molecule has 0 saturated heterocycles. The van der Waals surface area contributed by atoms with Gasteiger partial charge in [0.1, 0.15) is 0 Å². The lowest BCUT2D eigenvalue weighted by Gasteiger charge is -2.20. The van der Waals surface area contributed by atoms with Gasteiger partial charge in [-0.3, -0.25) is 0 Å². The van der Waals surface area contributed by atoms with Crippen molar-refractivity contribution in [2.24, 2.45) is 11.8 Å². The Morgan fingerprint density at radius 2 is 1.57 bits per heavy atom. The van der Waals surface area contributed by atoms with Crippen LogP contribution in [0.3, 0.4) is 0 Å². The maximum atomic E-state index is 3.60. The molecule has 14 heavy (non-hydrogen) atoms. The molecule has 0 amide bonds. The summed E-state index contributed by atoms with van der Waals surface area (Å²) < 4.78 is 0. The fourth-order valence-electron chi connectivity index (χ4n) is 2.32. The zero-order chi connectivity index (χ0) is 10.2. The first-order valence-electron chi connectivity index (χ1n) is 6.49. The van der Waals surface area contributed by atoms with Crippen molar-refractivity contribution >= 4 is 0 Å². The molecule has 1 N–H and O–H groups in total. The Bertz CT molecular complexity index is 123. The largest absolute Gasteiger partial charge is 0.316 e. The highest BCUT2D eigenvalue weighted by molar-refractivity contribution is 4.66. The highest BCUT2D eigenvalue weighted by Crippen LogP contribution is 2.21. The van der Waals surface area contributed by atoms with Crippen LogP contribution in [-0.4, -0.2) is 13.1 Å². The molecule has 0 atom stereocenters. The molecule has 1 heteroatoms. The van der Waals surface area contributed by atoms with Gasteiger partial charge in [0, 0.05) is 0 Å². The Balaban J connectivity index is 2.08. The van der Waals surface area contributed by atoms with Crippen LogP contribution in [0.15, 0.2) is 0 Å². The van der Waals surface area contributed by atoms with E-state index in [1.807, 2.05) is 0 Å². The van der Waals surface area contributed by atoms with E-state index < -0.39 is 0 Å². The lowest BCUT2D eigenvalue weighted by Crippen LogP contribution is -2.26. The van der Waals surface area contributed by atoms with Gasteiger partial charge in [-0.25, -0.2) is 0 Å². The first-order valence-corrected chi connectivity index (χ1v) is 6.49. The molecule has 0 bridgehead atoms. The van der Waals surface area contributed by atoms with Crippen molar-refractivity contribution in [3.8, 4) is 0 Å². The average Bonchev–Trinajstić information content (AvgIpc) is 2.07. The van der Waals surface area contributed by atoms with E-state index in [0.717, 1.165) is 11.8 Å². The summed E-state index contributed by atoms with van der Waals surface area (Å²) in [5.74, 6) is 1.76. The van der Waals surface area contributed by atoms with E-state index in [1.165, 1.54) is 58.0 Å². The van der Waals surface area contributed by atoms with E-state index in [1.54, 1.807) is 0 Å². The maximum absolute atomic E-state index is 3.60. The van der Waals surface area contributed by atoms with Crippen molar-refractivity contribution < 1.29 is 0 Å². The van der Waals surface area contributed by atoms with Gasteiger partial charge in [-0.15, -0.1) is 0 Å². The molecule has 0 spiro atoms. The van der Waals surface area contributed by atoms with Crippen LogP contribution in [0.25, 0.3) is 0 Å². The monoisotopic (exact) mass is 197 g/mol. The van der Waals surface area contributed by atoms with E-state index in [9.17, 15) is 0 Å². The van der Waals surface area contributed by atoms with E-state index >= 15 is 0 Å². The maximum Gasteiger partial charge on any atom is -0.00204 e. The van der Waals surface area contributed by atoms with Crippen molar-refractivity contribution in [2.45, 2.75) is 58.8 Å². The Labute approximate surface area is 89.7 Å². The van der Waals surface area contributed by atoms with E-state index in [0.29, 0.717) is 0 Å². The van der Waals surface area contributed by atoms with Crippen LogP contribution in [0.2, 0.25) is 0 Å². The molecular formula is C13H27N. The summed E-state index contributed by atoms with van der Waals surface area (Å²) >= 11 is 0. The van der Waals surface area contributed by atoms with Gasteiger partial charge in [0.2, 0.25) is 0 Å². The fraction of sp³-hybridized carbons (Fsp3) is 1.00. The molecular weight excluding hydrogens is 170 g/mol. The smallest absolute Gasteiger partial charge is 0.00204 e. The van der Waals surface area contributed by atoms with E-state index in [4.69, 9.17) is 0 Å². The third-order valence-corrected chi connectivity index (χ3v) is 3.21. The van der Waals surface area contributed by atoms with Crippen molar-refractivity contribution in [2.75, 3.05) is 13.1 Å². The standard InChI is InChI=1S/C13H27N/c1-12(2)10-14-11-13-8-6-4-3-5-7-9-13/h12-14H,3-11H2,1-2H3. The molecule has 0 radical (unpaired) electrons. The summed E-state index contributed by atoms with van der Waals surface area (Å²) in [5.41, 5.74) is 0. The molecule has 1 fully saturated rings. The molecule has 0 aromatic carbocycles. The average molecular weight is 197 g/mol. The summed E-state index contributed by atoms with van der Waals surface area (Å²) in [6.45, 7) is 7.02. The zero-order valence-electron chi connectivity index (χ0n) is 10.0. The summed E-state index contributed by atoms with van der Waals surface area (Å²) in [4.78, 5) is 0. The molecule has 1 aliphatic rings. The van der Waals surface area contributed by atoms with Gasteiger partial charge in [-0.1, -0.05) is 46.0 Å². The predicted molar refractivity (Wildman–Crippen MR) is 63.5 cm³/mol. The first kappa shape index (κ1) is 12.0. The van der Waals surface area contributed by atoms with E-state index in [2.05, 4.69) is 19.2 Å². The van der Waals surface area contributed by atoms with Gasteiger partial charge >= 0.3 is 0 Å². The zero-order valence-corrected chi connectivity index (χ0v) is 10.0. The van der Waals surface area contributed by atoms with Gasteiger partial charge in [0.05, 0.1) is 0 Å². The van der Waals surface area contributed by atoms with Crippen LogP contribution in [0, 0.1) is 11.8 Å². The predicted octanol–water partition coefficient (Wildman–Crippen LogP) is 3.59. The van der Waals surface area contributed by atoms with Gasteiger partial charge in [-0.2, -0.15) is 0 Å². The normalized spacial score (nSPS) is 20.8. The first-order chi connectivity index (χ1) is 6.79. The fourth-order valence-corrected chi connectivity index (χ4v) is 2.32. The molecule has 1 rings (SSSR count). The number of hydrogen-bond acceptors (Lipinski definition) is 1.